The highest BCUT2D eigenvalue weighted by atomic mass is 19.1. The summed E-state index contributed by atoms with van der Waals surface area (Å²) in [6.07, 6.45) is 3.73. The van der Waals surface area contributed by atoms with Crippen molar-refractivity contribution in [1.82, 2.24) is 15.3 Å². The van der Waals surface area contributed by atoms with Gasteiger partial charge in [-0.15, -0.1) is 0 Å². The van der Waals surface area contributed by atoms with Gasteiger partial charge in [-0.2, -0.15) is 0 Å². The number of aryl methyl sites for hydroxylation is 1. The van der Waals surface area contributed by atoms with Crippen LogP contribution < -0.4 is 10.1 Å². The first-order valence-electron chi connectivity index (χ1n) is 11.5. The Labute approximate surface area is 211 Å². The number of ketones is 1. The summed E-state index contributed by atoms with van der Waals surface area (Å²) < 4.78 is 34.3. The number of pyridine rings is 1. The van der Waals surface area contributed by atoms with Gasteiger partial charge in [0.1, 0.15) is 17.9 Å². The smallest absolute Gasteiger partial charge is 0.252 e. The minimum atomic E-state index is -0.675. The quantitative estimate of drug-likeness (QED) is 0.176. The van der Waals surface area contributed by atoms with Crippen LogP contribution in [0.1, 0.15) is 38.3 Å². The van der Waals surface area contributed by atoms with E-state index >= 15 is 0 Å². The van der Waals surface area contributed by atoms with Gasteiger partial charge in [0.2, 0.25) is 0 Å². The molecule has 0 saturated carbocycles. The van der Waals surface area contributed by atoms with Crippen LogP contribution in [0.25, 0.3) is 11.4 Å². The van der Waals surface area contributed by atoms with E-state index < -0.39 is 11.6 Å². The van der Waals surface area contributed by atoms with E-state index in [1.807, 2.05) is 0 Å². The number of rotatable bonds is 10. The van der Waals surface area contributed by atoms with Gasteiger partial charge in [-0.3, -0.25) is 14.6 Å². The number of aromatic nitrogens is 2. The lowest BCUT2D eigenvalue weighted by atomic mass is 10.0. The predicted octanol–water partition coefficient (Wildman–Crippen LogP) is 5.20. The van der Waals surface area contributed by atoms with Crippen molar-refractivity contribution in [3.8, 4) is 22.9 Å². The second kappa shape index (κ2) is 11.4. The molecule has 0 radical (unpaired) electrons. The summed E-state index contributed by atoms with van der Waals surface area (Å²) in [7, 11) is 0. The van der Waals surface area contributed by atoms with E-state index in [-0.39, 0.29) is 53.7 Å². The number of aldehydes is 1. The number of Topliss-reactive ketones (excluding diaryl/α,β-unsaturated/α-hetero) is 1. The number of carbonyl (C=O) groups excluding carboxylic acids is 3. The molecule has 2 N–H and O–H groups in total. The third-order valence-corrected chi connectivity index (χ3v) is 5.53. The molecule has 0 fully saturated rings. The number of aromatic amines is 1. The molecule has 0 spiro atoms. The fraction of sp³-hybridized carbons (Fsp3) is 0.143. The maximum absolute atomic E-state index is 14.5. The van der Waals surface area contributed by atoms with Gasteiger partial charge in [-0.05, 0) is 48.9 Å². The number of H-pyrrole nitrogens is 1. The van der Waals surface area contributed by atoms with Crippen molar-refractivity contribution in [1.29, 1.82) is 0 Å². The number of benzene rings is 2. The largest absolute Gasteiger partial charge is 0.454 e. The Morgan fingerprint density at radius 3 is 2.65 bits per heavy atom. The third kappa shape index (κ3) is 6.32. The van der Waals surface area contributed by atoms with Gasteiger partial charge in [0.05, 0.1) is 17.0 Å². The number of carbonyl (C=O) groups is 3. The van der Waals surface area contributed by atoms with E-state index in [1.54, 1.807) is 31.2 Å². The Bertz CT molecular complexity index is 1470. The normalized spacial score (nSPS) is 10.7. The molecule has 2 heterocycles. The van der Waals surface area contributed by atoms with E-state index in [2.05, 4.69) is 15.3 Å². The first-order chi connectivity index (χ1) is 17.8. The fourth-order valence-corrected chi connectivity index (χ4v) is 3.64. The van der Waals surface area contributed by atoms with Crippen molar-refractivity contribution in [2.75, 3.05) is 6.54 Å². The lowest BCUT2D eigenvalue weighted by molar-refractivity contribution is -0.107. The number of nitrogens with zero attached hydrogens (tertiary/aromatic N) is 1. The van der Waals surface area contributed by atoms with E-state index in [9.17, 15) is 23.2 Å². The molecule has 188 valence electrons. The maximum atomic E-state index is 14.5. The van der Waals surface area contributed by atoms with Crippen molar-refractivity contribution in [2.45, 2.75) is 19.8 Å². The van der Waals surface area contributed by atoms with Gasteiger partial charge in [0, 0.05) is 43.4 Å². The Kier molecular flexibility index (Phi) is 7.83. The SMILES string of the molecule is Cc1ccc(F)c(CC(=O)c2ccc(F)c(Oc3ccnc(-c4cc(C(=O)NCCC=O)c[nH]4)c3)c2)c1. The predicted molar refractivity (Wildman–Crippen MR) is 133 cm³/mol. The van der Waals surface area contributed by atoms with Crippen LogP contribution in [0.4, 0.5) is 8.78 Å². The van der Waals surface area contributed by atoms with Crippen molar-refractivity contribution in [3.63, 3.8) is 0 Å². The van der Waals surface area contributed by atoms with E-state index in [0.717, 1.165) is 17.9 Å². The molecular formula is C28H23F2N3O4. The highest BCUT2D eigenvalue weighted by molar-refractivity contribution is 5.98. The number of amides is 1. The highest BCUT2D eigenvalue weighted by Gasteiger charge is 2.15. The molecule has 2 aromatic carbocycles. The van der Waals surface area contributed by atoms with Crippen LogP contribution in [0.3, 0.4) is 0 Å². The molecule has 0 bridgehead atoms. The molecule has 0 unspecified atom stereocenters. The monoisotopic (exact) mass is 503 g/mol. The molecule has 1 amide bonds. The van der Waals surface area contributed by atoms with Gasteiger partial charge < -0.3 is 19.8 Å². The van der Waals surface area contributed by atoms with Crippen molar-refractivity contribution in [2.24, 2.45) is 0 Å². The molecule has 37 heavy (non-hydrogen) atoms. The molecule has 0 atom stereocenters. The Morgan fingerprint density at radius 1 is 1.03 bits per heavy atom. The summed E-state index contributed by atoms with van der Waals surface area (Å²) in [6.45, 7) is 2.04. The zero-order valence-electron chi connectivity index (χ0n) is 19.9. The van der Waals surface area contributed by atoms with Crippen LogP contribution in [-0.2, 0) is 11.2 Å². The van der Waals surface area contributed by atoms with Crippen LogP contribution in [0.15, 0.2) is 67.0 Å². The molecule has 4 rings (SSSR count). The second-order valence-electron chi connectivity index (χ2n) is 8.33. The highest BCUT2D eigenvalue weighted by Crippen LogP contribution is 2.29. The van der Waals surface area contributed by atoms with Crippen molar-refractivity contribution >= 4 is 18.0 Å². The zero-order valence-corrected chi connectivity index (χ0v) is 19.9. The summed E-state index contributed by atoms with van der Waals surface area (Å²) in [4.78, 5) is 42.6. The molecule has 7 nitrogen and oxygen atoms in total. The molecule has 4 aromatic rings. The van der Waals surface area contributed by atoms with E-state index in [4.69, 9.17) is 4.74 Å². The van der Waals surface area contributed by atoms with Gasteiger partial charge in [0.15, 0.2) is 17.3 Å². The molecule has 0 aliphatic heterocycles. The Morgan fingerprint density at radius 2 is 1.84 bits per heavy atom. The lowest BCUT2D eigenvalue weighted by Gasteiger charge is -2.10. The molecule has 9 heteroatoms. The van der Waals surface area contributed by atoms with Crippen LogP contribution in [0.2, 0.25) is 0 Å². The standard InChI is InChI=1S/C28H23F2N3O4/c1-17-3-5-22(29)19(11-17)13-26(35)18-4-6-23(30)27(14-18)37-21-7-9-31-25(15-21)24-12-20(16-33-24)28(36)32-8-2-10-34/h3-7,9-12,14-16,33H,2,8,13H2,1H3,(H,32,36). The minimum Gasteiger partial charge on any atom is -0.454 e. The Balaban J connectivity index is 1.50. The van der Waals surface area contributed by atoms with Gasteiger partial charge >= 0.3 is 0 Å². The number of halogens is 2. The van der Waals surface area contributed by atoms with Gasteiger partial charge in [0.25, 0.3) is 5.91 Å². The average molecular weight is 504 g/mol. The Hall–Kier alpha value is -4.66. The maximum Gasteiger partial charge on any atom is 0.252 e. The molecule has 0 saturated heterocycles. The summed E-state index contributed by atoms with van der Waals surface area (Å²) in [6, 6.07) is 12.9. The van der Waals surface area contributed by atoms with Gasteiger partial charge in [-0.25, -0.2) is 8.78 Å². The first-order valence-corrected chi connectivity index (χ1v) is 11.5. The average Bonchev–Trinajstić information content (AvgIpc) is 3.38. The van der Waals surface area contributed by atoms with Crippen LogP contribution in [0, 0.1) is 18.6 Å². The van der Waals surface area contributed by atoms with E-state index in [0.29, 0.717) is 17.0 Å². The molecule has 2 aromatic heterocycles. The zero-order chi connectivity index (χ0) is 26.4. The minimum absolute atomic E-state index is 0.171. The summed E-state index contributed by atoms with van der Waals surface area (Å²) >= 11 is 0. The number of hydrogen-bond acceptors (Lipinski definition) is 5. The summed E-state index contributed by atoms with van der Waals surface area (Å²) in [5.41, 5.74) is 2.59. The van der Waals surface area contributed by atoms with Crippen LogP contribution >= 0.6 is 0 Å². The summed E-state index contributed by atoms with van der Waals surface area (Å²) in [5.74, 6) is -1.79. The molecular weight excluding hydrogens is 480 g/mol. The van der Waals surface area contributed by atoms with Crippen LogP contribution in [-0.4, -0.2) is 34.5 Å². The van der Waals surface area contributed by atoms with Crippen LogP contribution in [0.5, 0.6) is 11.5 Å². The lowest BCUT2D eigenvalue weighted by Crippen LogP contribution is -2.24. The summed E-state index contributed by atoms with van der Waals surface area (Å²) in [5, 5.41) is 2.62. The first kappa shape index (κ1) is 25.4. The molecule has 0 aliphatic carbocycles. The number of nitrogens with one attached hydrogen (secondary N) is 2. The molecule has 0 aliphatic rings. The van der Waals surface area contributed by atoms with Crippen molar-refractivity contribution in [3.05, 3.63) is 101 Å². The van der Waals surface area contributed by atoms with Gasteiger partial charge in [-0.1, -0.05) is 17.7 Å². The van der Waals surface area contributed by atoms with Crippen molar-refractivity contribution < 1.29 is 27.9 Å². The third-order valence-electron chi connectivity index (χ3n) is 5.53. The second-order valence-corrected chi connectivity index (χ2v) is 8.33. The number of ether oxygens (including phenoxy) is 1. The van der Waals surface area contributed by atoms with E-state index in [1.165, 1.54) is 36.7 Å². The topological polar surface area (TPSA) is 101 Å². The number of hydrogen-bond donors (Lipinski definition) is 2. The fourth-order valence-electron chi connectivity index (χ4n) is 3.64.